The van der Waals surface area contributed by atoms with E-state index in [-0.39, 0.29) is 17.9 Å². The van der Waals surface area contributed by atoms with E-state index < -0.39 is 5.91 Å². The van der Waals surface area contributed by atoms with Crippen LogP contribution in [0.3, 0.4) is 0 Å². The van der Waals surface area contributed by atoms with Gasteiger partial charge in [0.1, 0.15) is 18.6 Å². The highest BCUT2D eigenvalue weighted by Gasteiger charge is 2.16. The number of carbonyl (C=O) groups excluding carboxylic acids is 1. The molecule has 0 radical (unpaired) electrons. The predicted octanol–water partition coefficient (Wildman–Crippen LogP) is 3.68. The highest BCUT2D eigenvalue weighted by molar-refractivity contribution is 6.30. The van der Waals surface area contributed by atoms with Crippen molar-refractivity contribution >= 4 is 17.5 Å². The molecule has 0 fully saturated rings. The van der Waals surface area contributed by atoms with E-state index in [0.717, 1.165) is 5.56 Å². The average molecular weight is 359 g/mol. The number of primary amides is 1. The third-order valence-corrected chi connectivity index (χ3v) is 3.69. The topological polar surface area (TPSA) is 87.6 Å². The molecule has 0 saturated carbocycles. The van der Waals surface area contributed by atoms with E-state index in [1.165, 1.54) is 13.4 Å². The first-order chi connectivity index (χ1) is 12.1. The summed E-state index contributed by atoms with van der Waals surface area (Å²) in [5.41, 5.74) is 6.92. The Bertz CT molecular complexity index is 908. The normalized spacial score (nSPS) is 10.5. The Morgan fingerprint density at radius 2 is 2.08 bits per heavy atom. The van der Waals surface area contributed by atoms with E-state index >= 15 is 0 Å². The Hall–Kier alpha value is -2.99. The van der Waals surface area contributed by atoms with E-state index in [1.807, 2.05) is 12.1 Å². The third-order valence-electron chi connectivity index (χ3n) is 3.45. The van der Waals surface area contributed by atoms with Gasteiger partial charge in [-0.1, -0.05) is 23.7 Å². The van der Waals surface area contributed by atoms with Crippen LogP contribution in [0.2, 0.25) is 5.02 Å². The molecule has 0 aliphatic carbocycles. The van der Waals surface area contributed by atoms with E-state index in [2.05, 4.69) is 4.98 Å². The molecule has 0 saturated heterocycles. The number of aromatic nitrogens is 1. The van der Waals surface area contributed by atoms with Gasteiger partial charge in [0.25, 0.3) is 5.91 Å². The number of hydrogen-bond donors (Lipinski definition) is 1. The Labute approximate surface area is 149 Å². The number of methoxy groups -OCH3 is 1. The number of ether oxygens (including phenoxy) is 2. The summed E-state index contributed by atoms with van der Waals surface area (Å²) in [5.74, 6) is 0.504. The fourth-order valence-corrected chi connectivity index (χ4v) is 2.48. The molecule has 3 aromatic rings. The number of hydrogen-bond acceptors (Lipinski definition) is 5. The molecule has 1 heterocycles. The van der Waals surface area contributed by atoms with E-state index in [4.69, 9.17) is 31.2 Å². The second-order valence-corrected chi connectivity index (χ2v) is 5.58. The van der Waals surface area contributed by atoms with Crippen LogP contribution in [0.25, 0.3) is 11.5 Å². The average Bonchev–Trinajstić information content (AvgIpc) is 3.08. The van der Waals surface area contributed by atoms with E-state index in [9.17, 15) is 4.79 Å². The number of amides is 1. The number of nitrogens with two attached hydrogens (primary N) is 1. The van der Waals surface area contributed by atoms with Crippen LogP contribution in [-0.4, -0.2) is 18.0 Å². The minimum absolute atomic E-state index is 0.0880. The number of oxazole rings is 1. The van der Waals surface area contributed by atoms with Gasteiger partial charge in [-0.05, 0) is 30.3 Å². The van der Waals surface area contributed by atoms with Gasteiger partial charge in [0.15, 0.2) is 11.5 Å². The van der Waals surface area contributed by atoms with Gasteiger partial charge in [-0.3, -0.25) is 4.79 Å². The largest absolute Gasteiger partial charge is 0.493 e. The first kappa shape index (κ1) is 16.9. The Morgan fingerprint density at radius 1 is 1.28 bits per heavy atom. The number of benzene rings is 2. The lowest BCUT2D eigenvalue weighted by atomic mass is 10.2. The van der Waals surface area contributed by atoms with Crippen molar-refractivity contribution in [2.75, 3.05) is 7.11 Å². The van der Waals surface area contributed by atoms with Crippen LogP contribution in [0.1, 0.15) is 16.1 Å². The van der Waals surface area contributed by atoms with Crippen LogP contribution in [0, 0.1) is 0 Å². The maximum absolute atomic E-state index is 11.6. The lowest BCUT2D eigenvalue weighted by Gasteiger charge is -2.12. The van der Waals surface area contributed by atoms with E-state index in [0.29, 0.717) is 22.4 Å². The zero-order chi connectivity index (χ0) is 17.8. The van der Waals surface area contributed by atoms with Gasteiger partial charge in [0, 0.05) is 10.6 Å². The molecule has 0 bridgehead atoms. The molecule has 0 aliphatic rings. The number of rotatable bonds is 6. The Kier molecular flexibility index (Phi) is 4.90. The molecule has 25 heavy (non-hydrogen) atoms. The molecule has 0 spiro atoms. The minimum atomic E-state index is -0.603. The predicted molar refractivity (Wildman–Crippen MR) is 92.8 cm³/mol. The first-order valence-corrected chi connectivity index (χ1v) is 7.76. The van der Waals surface area contributed by atoms with Crippen LogP contribution in [0.5, 0.6) is 11.5 Å². The molecule has 2 aromatic carbocycles. The Balaban J connectivity index is 1.80. The summed E-state index contributed by atoms with van der Waals surface area (Å²) in [6.45, 7) is 0.0880. The van der Waals surface area contributed by atoms with Gasteiger partial charge >= 0.3 is 0 Å². The number of nitrogens with zero attached hydrogens (tertiary/aromatic N) is 1. The number of carbonyl (C=O) groups is 1. The van der Waals surface area contributed by atoms with Crippen molar-refractivity contribution in [2.24, 2.45) is 5.73 Å². The van der Waals surface area contributed by atoms with Crippen molar-refractivity contribution in [1.82, 2.24) is 4.98 Å². The lowest BCUT2D eigenvalue weighted by molar-refractivity contribution is 0.0995. The second-order valence-electron chi connectivity index (χ2n) is 5.14. The van der Waals surface area contributed by atoms with Gasteiger partial charge in [0.2, 0.25) is 5.89 Å². The van der Waals surface area contributed by atoms with Crippen molar-refractivity contribution in [3.8, 4) is 23.0 Å². The smallest absolute Gasteiger partial charge is 0.252 e. The Morgan fingerprint density at radius 3 is 2.80 bits per heavy atom. The van der Waals surface area contributed by atoms with E-state index in [1.54, 1.807) is 30.3 Å². The molecule has 2 N–H and O–H groups in total. The molecule has 1 aromatic heterocycles. The first-order valence-electron chi connectivity index (χ1n) is 7.38. The number of para-hydroxylation sites is 1. The molecule has 1 amide bonds. The lowest BCUT2D eigenvalue weighted by Crippen LogP contribution is -2.13. The molecule has 0 atom stereocenters. The van der Waals surface area contributed by atoms with Crippen molar-refractivity contribution in [1.29, 1.82) is 0 Å². The van der Waals surface area contributed by atoms with Crippen molar-refractivity contribution in [3.63, 3.8) is 0 Å². The fourth-order valence-electron chi connectivity index (χ4n) is 2.29. The minimum Gasteiger partial charge on any atom is -0.493 e. The van der Waals surface area contributed by atoms with Gasteiger partial charge in [-0.2, -0.15) is 0 Å². The second kappa shape index (κ2) is 7.27. The monoisotopic (exact) mass is 358 g/mol. The maximum atomic E-state index is 11.6. The highest BCUT2D eigenvalue weighted by Crippen LogP contribution is 2.31. The third kappa shape index (κ3) is 3.75. The maximum Gasteiger partial charge on any atom is 0.252 e. The molecule has 128 valence electrons. The summed E-state index contributed by atoms with van der Waals surface area (Å²) < 4.78 is 16.4. The van der Waals surface area contributed by atoms with Gasteiger partial charge in [0.05, 0.1) is 12.7 Å². The van der Waals surface area contributed by atoms with Crippen molar-refractivity contribution < 1.29 is 18.7 Å². The highest BCUT2D eigenvalue weighted by atomic mass is 35.5. The van der Waals surface area contributed by atoms with Gasteiger partial charge < -0.3 is 19.6 Å². The zero-order valence-corrected chi connectivity index (χ0v) is 14.1. The molecule has 3 rings (SSSR count). The SMILES string of the molecule is COc1cccc(C(N)=O)c1OCc1coc(-c2cccc(Cl)c2)n1. The van der Waals surface area contributed by atoms with Crippen molar-refractivity contribution in [3.05, 3.63) is 65.0 Å². The summed E-state index contributed by atoms with van der Waals surface area (Å²) in [6, 6.07) is 12.1. The molecule has 0 aliphatic heterocycles. The summed E-state index contributed by atoms with van der Waals surface area (Å²) >= 11 is 5.97. The van der Waals surface area contributed by atoms with Crippen LogP contribution in [0.4, 0.5) is 0 Å². The fraction of sp³-hybridized carbons (Fsp3) is 0.111. The van der Waals surface area contributed by atoms with Gasteiger partial charge in [-0.15, -0.1) is 0 Å². The van der Waals surface area contributed by atoms with Crippen LogP contribution < -0.4 is 15.2 Å². The van der Waals surface area contributed by atoms with Crippen molar-refractivity contribution in [2.45, 2.75) is 6.61 Å². The molecular weight excluding hydrogens is 344 g/mol. The van der Waals surface area contributed by atoms with Gasteiger partial charge in [-0.25, -0.2) is 4.98 Å². The molecule has 0 unspecified atom stereocenters. The standard InChI is InChI=1S/C18H15ClN2O4/c1-23-15-7-3-6-14(17(20)22)16(15)24-9-13-10-25-18(21-13)11-4-2-5-12(19)8-11/h2-8,10H,9H2,1H3,(H2,20,22). The number of halogens is 1. The van der Waals surface area contributed by atoms with Crippen LogP contribution >= 0.6 is 11.6 Å². The molecular formula is C18H15ClN2O4. The summed E-state index contributed by atoms with van der Waals surface area (Å²) in [7, 11) is 1.49. The quantitative estimate of drug-likeness (QED) is 0.726. The molecule has 6 nitrogen and oxygen atoms in total. The summed E-state index contributed by atoms with van der Waals surface area (Å²) in [4.78, 5) is 15.9. The molecule has 7 heteroatoms. The van der Waals surface area contributed by atoms with Crippen LogP contribution in [-0.2, 0) is 6.61 Å². The summed E-state index contributed by atoms with van der Waals surface area (Å²) in [5, 5.41) is 0.591. The van der Waals surface area contributed by atoms with Crippen LogP contribution in [0.15, 0.2) is 53.1 Å². The summed E-state index contributed by atoms with van der Waals surface area (Å²) in [6.07, 6.45) is 1.48. The zero-order valence-electron chi connectivity index (χ0n) is 13.4.